The van der Waals surface area contributed by atoms with Gasteiger partial charge in [0.25, 0.3) is 0 Å². The van der Waals surface area contributed by atoms with Crippen LogP contribution in [0.25, 0.3) is 0 Å². The number of halogens is 1. The van der Waals surface area contributed by atoms with Crippen molar-refractivity contribution in [1.29, 1.82) is 0 Å². The first-order valence-electron chi connectivity index (χ1n) is 6.05. The van der Waals surface area contributed by atoms with Crippen molar-refractivity contribution >= 4 is 21.9 Å². The van der Waals surface area contributed by atoms with Gasteiger partial charge in [0.05, 0.1) is 19.6 Å². The first-order chi connectivity index (χ1) is 8.90. The van der Waals surface area contributed by atoms with Gasteiger partial charge in [-0.3, -0.25) is 4.79 Å². The van der Waals surface area contributed by atoms with Gasteiger partial charge in [0.1, 0.15) is 0 Å². The highest BCUT2D eigenvalue weighted by molar-refractivity contribution is 9.10. The quantitative estimate of drug-likeness (QED) is 0.922. The topological polar surface area (TPSA) is 55.8 Å². The Morgan fingerprint density at radius 1 is 1.16 bits per heavy atom. The van der Waals surface area contributed by atoms with Crippen molar-refractivity contribution in [3.8, 4) is 11.5 Å². The number of hydrogen-bond donors (Lipinski definition) is 1. The molecule has 1 saturated carbocycles. The van der Waals surface area contributed by atoms with Crippen molar-refractivity contribution < 1.29 is 19.4 Å². The van der Waals surface area contributed by atoms with E-state index in [4.69, 9.17) is 9.47 Å². The molecule has 104 valence electrons. The number of carbonyl (C=O) groups is 1. The van der Waals surface area contributed by atoms with E-state index in [1.807, 2.05) is 13.8 Å². The number of rotatable bonds is 4. The second-order valence-electron chi connectivity index (χ2n) is 4.89. The van der Waals surface area contributed by atoms with Gasteiger partial charge >= 0.3 is 5.97 Å². The number of hydrogen-bond acceptors (Lipinski definition) is 3. The van der Waals surface area contributed by atoms with Crippen molar-refractivity contribution in [3.05, 3.63) is 21.2 Å². The van der Waals surface area contributed by atoms with Crippen molar-refractivity contribution in [2.75, 3.05) is 14.2 Å². The molecule has 1 fully saturated rings. The normalized spacial score (nSPS) is 16.1. The lowest BCUT2D eigenvalue weighted by Crippen LogP contribution is -2.22. The molecular formula is C14H17BrO4. The zero-order chi connectivity index (χ0) is 14.4. The molecule has 19 heavy (non-hydrogen) atoms. The standard InChI is InChI=1S/C14H17BrO4/c1-7-9(14(5-6-14)13(16)17)12(19-4)11(18-3)8(2)10(7)15/h5-6H2,1-4H3,(H,16,17). The molecule has 4 nitrogen and oxygen atoms in total. The molecule has 1 aromatic carbocycles. The third-order valence-electron chi connectivity index (χ3n) is 3.85. The van der Waals surface area contributed by atoms with Gasteiger partial charge in [0, 0.05) is 15.6 Å². The van der Waals surface area contributed by atoms with E-state index in [0.717, 1.165) is 21.2 Å². The molecule has 2 rings (SSSR count). The molecule has 0 saturated heterocycles. The Hall–Kier alpha value is -1.23. The molecule has 0 aliphatic heterocycles. The zero-order valence-corrected chi connectivity index (χ0v) is 13.1. The van der Waals surface area contributed by atoms with Gasteiger partial charge in [-0.05, 0) is 32.3 Å². The van der Waals surface area contributed by atoms with Crippen LogP contribution in [-0.4, -0.2) is 25.3 Å². The monoisotopic (exact) mass is 328 g/mol. The predicted octanol–water partition coefficient (Wildman–Crippen LogP) is 3.20. The average Bonchev–Trinajstić information content (AvgIpc) is 3.16. The fourth-order valence-corrected chi connectivity index (χ4v) is 3.04. The molecule has 0 spiro atoms. The van der Waals surface area contributed by atoms with Gasteiger partial charge in [-0.25, -0.2) is 0 Å². The number of aliphatic carboxylic acids is 1. The summed E-state index contributed by atoms with van der Waals surface area (Å²) in [6.45, 7) is 3.83. The summed E-state index contributed by atoms with van der Waals surface area (Å²) in [6, 6.07) is 0. The van der Waals surface area contributed by atoms with Crippen LogP contribution in [0.4, 0.5) is 0 Å². The summed E-state index contributed by atoms with van der Waals surface area (Å²) in [5.41, 5.74) is 1.74. The van der Waals surface area contributed by atoms with Crippen LogP contribution >= 0.6 is 15.9 Å². The van der Waals surface area contributed by atoms with E-state index in [1.54, 1.807) is 14.2 Å². The molecule has 0 aromatic heterocycles. The van der Waals surface area contributed by atoms with Crippen LogP contribution in [0.3, 0.4) is 0 Å². The van der Waals surface area contributed by atoms with Gasteiger partial charge < -0.3 is 14.6 Å². The lowest BCUT2D eigenvalue weighted by molar-refractivity contribution is -0.140. The van der Waals surface area contributed by atoms with Crippen molar-refractivity contribution in [2.24, 2.45) is 0 Å². The van der Waals surface area contributed by atoms with Gasteiger partial charge in [0.2, 0.25) is 0 Å². The lowest BCUT2D eigenvalue weighted by Gasteiger charge is -2.23. The number of carboxylic acid groups (broad SMARTS) is 1. The van der Waals surface area contributed by atoms with Crippen LogP contribution < -0.4 is 9.47 Å². The third-order valence-corrected chi connectivity index (χ3v) is 5.04. The number of benzene rings is 1. The molecule has 5 heteroatoms. The molecular weight excluding hydrogens is 312 g/mol. The molecule has 0 atom stereocenters. The first kappa shape index (κ1) is 14.2. The summed E-state index contributed by atoms with van der Waals surface area (Å²) in [5.74, 6) is 0.342. The maximum absolute atomic E-state index is 11.6. The Kier molecular flexibility index (Phi) is 3.51. The lowest BCUT2D eigenvalue weighted by atomic mass is 9.89. The predicted molar refractivity (Wildman–Crippen MR) is 75.3 cm³/mol. The van der Waals surface area contributed by atoms with E-state index in [1.165, 1.54) is 0 Å². The summed E-state index contributed by atoms with van der Waals surface area (Å²) in [5, 5.41) is 9.51. The van der Waals surface area contributed by atoms with Crippen LogP contribution in [0.15, 0.2) is 4.47 Å². The van der Waals surface area contributed by atoms with Crippen LogP contribution in [0.2, 0.25) is 0 Å². The number of methoxy groups -OCH3 is 2. The fraction of sp³-hybridized carbons (Fsp3) is 0.500. The molecule has 1 N–H and O–H groups in total. The van der Waals surface area contributed by atoms with E-state index in [-0.39, 0.29) is 0 Å². The smallest absolute Gasteiger partial charge is 0.314 e. The second-order valence-corrected chi connectivity index (χ2v) is 5.69. The summed E-state index contributed by atoms with van der Waals surface area (Å²) in [6.07, 6.45) is 1.27. The minimum atomic E-state index is -0.821. The largest absolute Gasteiger partial charge is 0.493 e. The van der Waals surface area contributed by atoms with E-state index in [9.17, 15) is 9.90 Å². The maximum atomic E-state index is 11.6. The third kappa shape index (κ3) is 1.91. The van der Waals surface area contributed by atoms with Crippen LogP contribution in [0.5, 0.6) is 11.5 Å². The summed E-state index contributed by atoms with van der Waals surface area (Å²) in [7, 11) is 3.11. The minimum absolute atomic E-state index is 0.542. The maximum Gasteiger partial charge on any atom is 0.314 e. The first-order valence-corrected chi connectivity index (χ1v) is 6.84. The highest BCUT2D eigenvalue weighted by Crippen LogP contribution is 2.56. The van der Waals surface area contributed by atoms with Gasteiger partial charge in [-0.1, -0.05) is 15.9 Å². The van der Waals surface area contributed by atoms with E-state index in [2.05, 4.69) is 15.9 Å². The summed E-state index contributed by atoms with van der Waals surface area (Å²) >= 11 is 3.53. The molecule has 0 amide bonds. The molecule has 0 heterocycles. The molecule has 1 aliphatic carbocycles. The molecule has 0 radical (unpaired) electrons. The van der Waals surface area contributed by atoms with Crippen LogP contribution in [0.1, 0.15) is 29.5 Å². The van der Waals surface area contributed by atoms with Crippen molar-refractivity contribution in [1.82, 2.24) is 0 Å². The molecule has 0 bridgehead atoms. The minimum Gasteiger partial charge on any atom is -0.493 e. The van der Waals surface area contributed by atoms with Crippen molar-refractivity contribution in [2.45, 2.75) is 32.1 Å². The Bertz CT molecular complexity index is 547. The zero-order valence-electron chi connectivity index (χ0n) is 11.5. The van der Waals surface area contributed by atoms with Gasteiger partial charge in [-0.15, -0.1) is 0 Å². The highest BCUT2D eigenvalue weighted by atomic mass is 79.9. The molecule has 0 unspecified atom stereocenters. The Morgan fingerprint density at radius 3 is 2.05 bits per heavy atom. The average molecular weight is 329 g/mol. The Morgan fingerprint density at radius 2 is 1.68 bits per heavy atom. The Balaban J connectivity index is 2.80. The SMILES string of the molecule is COc1c(C)c(Br)c(C)c(C2(C(=O)O)CC2)c1OC. The number of ether oxygens (including phenoxy) is 2. The van der Waals surface area contributed by atoms with Gasteiger partial charge in [0.15, 0.2) is 11.5 Å². The fourth-order valence-electron chi connectivity index (χ4n) is 2.66. The Labute approximate surface area is 120 Å². The van der Waals surface area contributed by atoms with Crippen LogP contribution in [-0.2, 0) is 10.2 Å². The van der Waals surface area contributed by atoms with E-state index < -0.39 is 11.4 Å². The number of carboxylic acids is 1. The summed E-state index contributed by atoms with van der Waals surface area (Å²) in [4.78, 5) is 11.6. The molecule has 1 aliphatic rings. The summed E-state index contributed by atoms with van der Waals surface area (Å²) < 4.78 is 11.7. The van der Waals surface area contributed by atoms with E-state index in [0.29, 0.717) is 24.3 Å². The molecule has 1 aromatic rings. The van der Waals surface area contributed by atoms with Gasteiger partial charge in [-0.2, -0.15) is 0 Å². The highest BCUT2D eigenvalue weighted by Gasteiger charge is 2.55. The second kappa shape index (κ2) is 4.71. The van der Waals surface area contributed by atoms with Crippen molar-refractivity contribution in [3.63, 3.8) is 0 Å². The van der Waals surface area contributed by atoms with Crippen LogP contribution in [0, 0.1) is 13.8 Å². The van der Waals surface area contributed by atoms with E-state index >= 15 is 0 Å².